The van der Waals surface area contributed by atoms with E-state index in [9.17, 15) is 0 Å². The van der Waals surface area contributed by atoms with Gasteiger partial charge < -0.3 is 0 Å². The van der Waals surface area contributed by atoms with Gasteiger partial charge in [0.15, 0.2) is 5.69 Å². The van der Waals surface area contributed by atoms with Crippen LogP contribution in [-0.4, -0.2) is 0 Å². The second-order valence-electron chi connectivity index (χ2n) is 8.06. The first-order valence-electron chi connectivity index (χ1n) is 9.01. The Morgan fingerprint density at radius 1 is 1.00 bits per heavy atom. The highest BCUT2D eigenvalue weighted by atomic mass is 32.1. The van der Waals surface area contributed by atoms with Gasteiger partial charge in [-0.3, -0.25) is 0 Å². The first-order valence-corrected chi connectivity index (χ1v) is 9.83. The predicted octanol–water partition coefficient (Wildman–Crippen LogP) is 5.99. The van der Waals surface area contributed by atoms with Crippen molar-refractivity contribution in [2.45, 2.75) is 78.1 Å². The molecule has 124 valence electrons. The lowest BCUT2D eigenvalue weighted by atomic mass is 9.87. The first kappa shape index (κ1) is 16.7. The van der Waals surface area contributed by atoms with Gasteiger partial charge in [0.2, 0.25) is 10.7 Å². The molecule has 0 N–H and O–H groups in total. The highest BCUT2D eigenvalue weighted by molar-refractivity contribution is 7.11. The zero-order valence-electron chi connectivity index (χ0n) is 15.3. The number of benzene rings is 1. The Bertz CT molecular complexity index is 684. The molecule has 0 atom stereocenters. The molecule has 0 amide bonds. The van der Waals surface area contributed by atoms with E-state index in [-0.39, 0.29) is 5.41 Å². The smallest absolute Gasteiger partial charge is 0.151 e. The second-order valence-corrected chi connectivity index (χ2v) is 9.09. The highest BCUT2D eigenvalue weighted by Gasteiger charge is 2.36. The standard InChI is InChI=1S/C21H30NS/c1-15-11-9-10-14-18(15)22-16(2)19(17-12-7-6-8-13-17)23-20(22)21(3,4)5/h9-11,14,17H,6-8,12-13H2,1-5H3/q+1. The van der Waals surface area contributed by atoms with Crippen LogP contribution in [0.5, 0.6) is 0 Å². The lowest BCUT2D eigenvalue weighted by Gasteiger charge is -2.19. The zero-order valence-corrected chi connectivity index (χ0v) is 16.1. The lowest BCUT2D eigenvalue weighted by Crippen LogP contribution is -2.41. The maximum absolute atomic E-state index is 2.55. The van der Waals surface area contributed by atoms with E-state index in [1.807, 2.05) is 0 Å². The molecule has 1 fully saturated rings. The van der Waals surface area contributed by atoms with Crippen LogP contribution in [0.2, 0.25) is 0 Å². The fraction of sp³-hybridized carbons (Fsp3) is 0.571. The summed E-state index contributed by atoms with van der Waals surface area (Å²) in [6, 6.07) is 8.81. The number of aromatic nitrogens is 1. The van der Waals surface area contributed by atoms with Crippen LogP contribution in [0.3, 0.4) is 0 Å². The molecule has 2 aromatic rings. The molecule has 3 rings (SSSR count). The van der Waals surface area contributed by atoms with Crippen molar-refractivity contribution in [3.8, 4) is 5.69 Å². The molecule has 23 heavy (non-hydrogen) atoms. The minimum absolute atomic E-state index is 0.171. The van der Waals surface area contributed by atoms with Crippen molar-refractivity contribution in [1.82, 2.24) is 0 Å². The number of hydrogen-bond acceptors (Lipinski definition) is 1. The molecule has 0 saturated heterocycles. The van der Waals surface area contributed by atoms with E-state index < -0.39 is 0 Å². The molecular formula is C21H30NS+. The van der Waals surface area contributed by atoms with E-state index in [0.717, 1.165) is 5.92 Å². The summed E-state index contributed by atoms with van der Waals surface area (Å²) in [4.78, 5) is 1.64. The summed E-state index contributed by atoms with van der Waals surface area (Å²) in [7, 11) is 0. The Hall–Kier alpha value is -1.15. The van der Waals surface area contributed by atoms with Gasteiger partial charge in [-0.2, -0.15) is 4.57 Å². The van der Waals surface area contributed by atoms with Gasteiger partial charge in [0.1, 0.15) is 0 Å². The van der Waals surface area contributed by atoms with Crippen LogP contribution in [0.4, 0.5) is 0 Å². The Kier molecular flexibility index (Phi) is 4.64. The fourth-order valence-corrected chi connectivity index (χ4v) is 5.30. The number of thiazole rings is 1. The van der Waals surface area contributed by atoms with Gasteiger partial charge in [-0.25, -0.2) is 0 Å². The Morgan fingerprint density at radius 2 is 1.65 bits per heavy atom. The largest absolute Gasteiger partial charge is 0.248 e. The number of hydrogen-bond donors (Lipinski definition) is 0. The maximum atomic E-state index is 2.55. The van der Waals surface area contributed by atoms with E-state index >= 15 is 0 Å². The minimum Gasteiger partial charge on any atom is -0.151 e. The summed E-state index contributed by atoms with van der Waals surface area (Å²) < 4.78 is 2.55. The summed E-state index contributed by atoms with van der Waals surface area (Å²) in [5.74, 6) is 0.778. The third-order valence-corrected chi connectivity index (χ3v) is 6.91. The summed E-state index contributed by atoms with van der Waals surface area (Å²) in [5, 5.41) is 1.49. The summed E-state index contributed by atoms with van der Waals surface area (Å²) in [5.41, 5.74) is 4.36. The van der Waals surface area contributed by atoms with E-state index in [0.29, 0.717) is 0 Å². The highest BCUT2D eigenvalue weighted by Crippen LogP contribution is 2.40. The second kappa shape index (κ2) is 6.39. The van der Waals surface area contributed by atoms with Crippen molar-refractivity contribution < 1.29 is 4.57 Å². The Labute approximate surface area is 145 Å². The molecule has 0 aliphatic heterocycles. The van der Waals surface area contributed by atoms with Gasteiger partial charge in [0, 0.05) is 18.6 Å². The van der Waals surface area contributed by atoms with Gasteiger partial charge in [-0.1, -0.05) is 48.8 Å². The molecule has 1 heterocycles. The number of para-hydroxylation sites is 1. The molecule has 2 heteroatoms. The van der Waals surface area contributed by atoms with E-state index in [1.54, 1.807) is 4.88 Å². The zero-order chi connectivity index (χ0) is 16.6. The van der Waals surface area contributed by atoms with Crippen LogP contribution >= 0.6 is 11.3 Å². The monoisotopic (exact) mass is 328 g/mol. The van der Waals surface area contributed by atoms with E-state index in [2.05, 4.69) is 74.8 Å². The van der Waals surface area contributed by atoms with Gasteiger partial charge in [-0.05, 0) is 46.5 Å². The first-order chi connectivity index (χ1) is 10.9. The molecule has 1 aliphatic rings. The van der Waals surface area contributed by atoms with Crippen molar-refractivity contribution in [2.24, 2.45) is 0 Å². The number of rotatable bonds is 2. The summed E-state index contributed by atoms with van der Waals surface area (Å²) in [6.45, 7) is 11.6. The third kappa shape index (κ3) is 3.24. The van der Waals surface area contributed by atoms with Gasteiger partial charge in [-0.15, -0.1) is 0 Å². The van der Waals surface area contributed by atoms with Crippen molar-refractivity contribution in [2.75, 3.05) is 0 Å². The molecule has 1 aromatic carbocycles. The molecule has 0 bridgehead atoms. The van der Waals surface area contributed by atoms with Crippen LogP contribution in [-0.2, 0) is 5.41 Å². The molecule has 0 unspecified atom stereocenters. The fourth-order valence-electron chi connectivity index (χ4n) is 3.82. The van der Waals surface area contributed by atoms with Crippen LogP contribution < -0.4 is 4.57 Å². The average Bonchev–Trinajstić information content (AvgIpc) is 2.86. The Morgan fingerprint density at radius 3 is 2.26 bits per heavy atom. The molecule has 0 spiro atoms. The SMILES string of the molecule is Cc1ccccc1-[n+]1c(C(C)(C)C)sc(C2CCCCC2)c1C. The van der Waals surface area contributed by atoms with Crippen LogP contribution in [0.15, 0.2) is 24.3 Å². The van der Waals surface area contributed by atoms with Crippen molar-refractivity contribution in [3.05, 3.63) is 45.4 Å². The third-order valence-electron chi connectivity index (χ3n) is 5.08. The van der Waals surface area contributed by atoms with Gasteiger partial charge in [0.25, 0.3) is 0 Å². The van der Waals surface area contributed by atoms with Crippen LogP contribution in [0.25, 0.3) is 5.69 Å². The van der Waals surface area contributed by atoms with Crippen molar-refractivity contribution in [1.29, 1.82) is 0 Å². The van der Waals surface area contributed by atoms with E-state index in [4.69, 9.17) is 0 Å². The van der Waals surface area contributed by atoms with Crippen LogP contribution in [0.1, 0.15) is 79.9 Å². The Balaban J connectivity index is 2.17. The minimum atomic E-state index is 0.171. The topological polar surface area (TPSA) is 3.88 Å². The summed E-state index contributed by atoms with van der Waals surface area (Å²) in [6.07, 6.45) is 6.97. The average molecular weight is 329 g/mol. The molecule has 1 aromatic heterocycles. The molecule has 1 saturated carbocycles. The molecule has 1 nitrogen and oxygen atoms in total. The van der Waals surface area contributed by atoms with Crippen molar-refractivity contribution in [3.63, 3.8) is 0 Å². The number of nitrogens with zero attached hydrogens (tertiary/aromatic N) is 1. The predicted molar refractivity (Wildman–Crippen MR) is 99.9 cm³/mol. The maximum Gasteiger partial charge on any atom is 0.248 e. The number of aryl methyl sites for hydroxylation is 1. The normalized spacial score (nSPS) is 16.7. The lowest BCUT2D eigenvalue weighted by molar-refractivity contribution is -0.609. The molecule has 0 radical (unpaired) electrons. The van der Waals surface area contributed by atoms with Gasteiger partial charge >= 0.3 is 0 Å². The van der Waals surface area contributed by atoms with Gasteiger partial charge in [0.05, 0.1) is 10.3 Å². The van der Waals surface area contributed by atoms with Crippen molar-refractivity contribution >= 4 is 11.3 Å². The quantitative estimate of drug-likeness (QED) is 0.596. The van der Waals surface area contributed by atoms with Crippen LogP contribution in [0, 0.1) is 13.8 Å². The van der Waals surface area contributed by atoms with E-state index in [1.165, 1.54) is 54.1 Å². The molecular weight excluding hydrogens is 298 g/mol. The molecule has 1 aliphatic carbocycles. The summed E-state index contributed by atoms with van der Waals surface area (Å²) >= 11 is 2.07.